The van der Waals surface area contributed by atoms with Crippen LogP contribution in [0, 0.1) is 5.92 Å². The van der Waals surface area contributed by atoms with Crippen LogP contribution in [-0.2, 0) is 9.59 Å². The molecule has 3 aromatic rings. The molecule has 1 unspecified atom stereocenters. The van der Waals surface area contributed by atoms with Gasteiger partial charge in [-0.15, -0.1) is 0 Å². The van der Waals surface area contributed by atoms with Crippen LogP contribution in [0.15, 0.2) is 78.5 Å². The Bertz CT molecular complexity index is 1220. The lowest BCUT2D eigenvalue weighted by molar-refractivity contribution is -0.132. The van der Waals surface area contributed by atoms with E-state index < -0.39 is 17.7 Å². The summed E-state index contributed by atoms with van der Waals surface area (Å²) in [5, 5.41) is 11.2. The van der Waals surface area contributed by atoms with Crippen molar-refractivity contribution in [3.8, 4) is 11.5 Å². The number of carbonyl (C=O) groups excluding carboxylic acids is 2. The Kier molecular flexibility index (Phi) is 7.15. The lowest BCUT2D eigenvalue weighted by Gasteiger charge is -2.24. The minimum Gasteiger partial charge on any atom is -0.507 e. The standard InChI is InChI=1S/C28H28N2O5/c1-4-34-21-14-10-20(11-15-21)30-25(23-7-5-6-16-29-23)24(27(32)28(30)33)26(31)19-8-12-22(13-9-19)35-17-18(2)3/h5-16,18,25,31H,4,17H2,1-3H3/b26-24-. The molecule has 1 atom stereocenters. The van der Waals surface area contributed by atoms with E-state index in [9.17, 15) is 14.7 Å². The average Bonchev–Trinajstić information content (AvgIpc) is 3.14. The van der Waals surface area contributed by atoms with Crippen molar-refractivity contribution in [2.24, 2.45) is 5.92 Å². The summed E-state index contributed by atoms with van der Waals surface area (Å²) in [5.74, 6) is -0.0772. The van der Waals surface area contributed by atoms with Gasteiger partial charge in [0.25, 0.3) is 11.7 Å². The Morgan fingerprint density at radius 1 is 0.971 bits per heavy atom. The fraction of sp³-hybridized carbons (Fsp3) is 0.250. The Balaban J connectivity index is 1.77. The number of hydrogen-bond acceptors (Lipinski definition) is 6. The third-order valence-corrected chi connectivity index (χ3v) is 5.55. The number of ketones is 1. The van der Waals surface area contributed by atoms with Gasteiger partial charge < -0.3 is 14.6 Å². The summed E-state index contributed by atoms with van der Waals surface area (Å²) >= 11 is 0. The number of aliphatic hydroxyl groups excluding tert-OH is 1. The van der Waals surface area contributed by atoms with Gasteiger partial charge in [0.2, 0.25) is 0 Å². The molecule has 180 valence electrons. The Labute approximate surface area is 204 Å². The molecule has 1 N–H and O–H groups in total. The molecule has 1 saturated heterocycles. The van der Waals surface area contributed by atoms with Gasteiger partial charge in [0.15, 0.2) is 0 Å². The van der Waals surface area contributed by atoms with Gasteiger partial charge in [0, 0.05) is 17.4 Å². The van der Waals surface area contributed by atoms with Crippen LogP contribution in [0.4, 0.5) is 5.69 Å². The number of Topliss-reactive ketones (excluding diaryl/α,β-unsaturated/α-hetero) is 1. The molecule has 0 spiro atoms. The topological polar surface area (TPSA) is 89.0 Å². The lowest BCUT2D eigenvalue weighted by atomic mass is 9.98. The summed E-state index contributed by atoms with van der Waals surface area (Å²) in [7, 11) is 0. The molecule has 7 heteroatoms. The normalized spacial score (nSPS) is 17.1. The fourth-order valence-electron chi connectivity index (χ4n) is 3.91. The number of nitrogens with zero attached hydrogens (tertiary/aromatic N) is 2. The second-order valence-electron chi connectivity index (χ2n) is 8.58. The van der Waals surface area contributed by atoms with Crippen molar-refractivity contribution in [1.82, 2.24) is 4.98 Å². The van der Waals surface area contributed by atoms with E-state index in [4.69, 9.17) is 9.47 Å². The zero-order valence-electron chi connectivity index (χ0n) is 20.0. The Morgan fingerprint density at radius 3 is 2.23 bits per heavy atom. The molecule has 35 heavy (non-hydrogen) atoms. The molecule has 1 amide bonds. The predicted molar refractivity (Wildman–Crippen MR) is 133 cm³/mol. The molecule has 1 aliphatic heterocycles. The summed E-state index contributed by atoms with van der Waals surface area (Å²) in [6.45, 7) is 7.08. The van der Waals surface area contributed by atoms with Crippen LogP contribution in [-0.4, -0.2) is 35.0 Å². The average molecular weight is 473 g/mol. The van der Waals surface area contributed by atoms with Crippen molar-refractivity contribution in [2.45, 2.75) is 26.8 Å². The maximum Gasteiger partial charge on any atom is 0.300 e. The number of carbonyl (C=O) groups is 2. The number of pyridine rings is 1. The van der Waals surface area contributed by atoms with Crippen molar-refractivity contribution in [3.63, 3.8) is 0 Å². The quantitative estimate of drug-likeness (QED) is 0.277. The van der Waals surface area contributed by atoms with Crippen LogP contribution in [0.3, 0.4) is 0 Å². The number of anilines is 1. The first-order valence-electron chi connectivity index (χ1n) is 11.6. The molecule has 0 saturated carbocycles. The Hall–Kier alpha value is -4.13. The predicted octanol–water partition coefficient (Wildman–Crippen LogP) is 5.14. The first-order chi connectivity index (χ1) is 16.9. The number of rotatable bonds is 8. The van der Waals surface area contributed by atoms with Gasteiger partial charge in [-0.2, -0.15) is 0 Å². The summed E-state index contributed by atoms with van der Waals surface area (Å²) in [4.78, 5) is 32.2. The molecular weight excluding hydrogens is 444 g/mol. The van der Waals surface area contributed by atoms with Gasteiger partial charge in [0.1, 0.15) is 23.3 Å². The number of amides is 1. The highest BCUT2D eigenvalue weighted by atomic mass is 16.5. The molecule has 1 aromatic heterocycles. The van der Waals surface area contributed by atoms with Crippen molar-refractivity contribution in [1.29, 1.82) is 0 Å². The highest BCUT2D eigenvalue weighted by molar-refractivity contribution is 6.51. The van der Waals surface area contributed by atoms with Gasteiger partial charge in [-0.3, -0.25) is 19.5 Å². The van der Waals surface area contributed by atoms with E-state index in [0.717, 1.165) is 0 Å². The van der Waals surface area contributed by atoms with Crippen LogP contribution in [0.25, 0.3) is 5.76 Å². The van der Waals surface area contributed by atoms with Crippen molar-refractivity contribution in [3.05, 3.63) is 89.8 Å². The van der Waals surface area contributed by atoms with Crippen LogP contribution in [0.5, 0.6) is 11.5 Å². The van der Waals surface area contributed by atoms with E-state index in [1.165, 1.54) is 4.90 Å². The molecule has 1 fully saturated rings. The first kappa shape index (κ1) is 24.0. The van der Waals surface area contributed by atoms with Gasteiger partial charge in [-0.1, -0.05) is 19.9 Å². The zero-order valence-corrected chi connectivity index (χ0v) is 20.0. The number of aliphatic hydroxyl groups is 1. The van der Waals surface area contributed by atoms with E-state index in [1.807, 2.05) is 6.92 Å². The van der Waals surface area contributed by atoms with Crippen molar-refractivity contribution in [2.75, 3.05) is 18.1 Å². The molecule has 0 aliphatic carbocycles. The molecule has 1 aliphatic rings. The summed E-state index contributed by atoms with van der Waals surface area (Å²) in [6.07, 6.45) is 1.59. The van der Waals surface area contributed by atoms with E-state index in [1.54, 1.807) is 72.9 Å². The smallest absolute Gasteiger partial charge is 0.300 e. The van der Waals surface area contributed by atoms with E-state index in [0.29, 0.717) is 47.6 Å². The second kappa shape index (κ2) is 10.4. The number of aromatic nitrogens is 1. The second-order valence-corrected chi connectivity index (χ2v) is 8.58. The van der Waals surface area contributed by atoms with Crippen LogP contribution in [0.2, 0.25) is 0 Å². The summed E-state index contributed by atoms with van der Waals surface area (Å²) in [6, 6.07) is 18.1. The molecule has 0 bridgehead atoms. The molecule has 4 rings (SSSR count). The van der Waals surface area contributed by atoms with Crippen LogP contribution >= 0.6 is 0 Å². The van der Waals surface area contributed by atoms with Gasteiger partial charge in [-0.25, -0.2) is 0 Å². The maximum atomic E-state index is 13.2. The van der Waals surface area contributed by atoms with Crippen LogP contribution in [0.1, 0.15) is 38.1 Å². The largest absolute Gasteiger partial charge is 0.507 e. The molecule has 2 heterocycles. The van der Waals surface area contributed by atoms with Crippen molar-refractivity contribution >= 4 is 23.1 Å². The Morgan fingerprint density at radius 2 is 1.63 bits per heavy atom. The molecule has 7 nitrogen and oxygen atoms in total. The monoisotopic (exact) mass is 472 g/mol. The first-order valence-corrected chi connectivity index (χ1v) is 11.6. The van der Waals surface area contributed by atoms with E-state index >= 15 is 0 Å². The highest BCUT2D eigenvalue weighted by Crippen LogP contribution is 2.41. The molecule has 2 aromatic carbocycles. The fourth-order valence-corrected chi connectivity index (χ4v) is 3.91. The molecular formula is C28H28N2O5. The minimum absolute atomic E-state index is 0.0153. The SMILES string of the molecule is CCOc1ccc(N2C(=O)C(=O)/C(=C(\O)c3ccc(OCC(C)C)cc3)C2c2ccccn2)cc1. The maximum absolute atomic E-state index is 13.2. The summed E-state index contributed by atoms with van der Waals surface area (Å²) in [5.41, 5.74) is 1.37. The van der Waals surface area contributed by atoms with Crippen molar-refractivity contribution < 1.29 is 24.2 Å². The number of hydrogen-bond donors (Lipinski definition) is 1. The highest BCUT2D eigenvalue weighted by Gasteiger charge is 2.47. The van der Waals surface area contributed by atoms with Crippen LogP contribution < -0.4 is 14.4 Å². The molecule has 0 radical (unpaired) electrons. The number of ether oxygens (including phenoxy) is 2. The van der Waals surface area contributed by atoms with Gasteiger partial charge >= 0.3 is 0 Å². The van der Waals surface area contributed by atoms with E-state index in [-0.39, 0.29) is 11.3 Å². The van der Waals surface area contributed by atoms with Gasteiger partial charge in [-0.05, 0) is 73.5 Å². The lowest BCUT2D eigenvalue weighted by Crippen LogP contribution is -2.29. The van der Waals surface area contributed by atoms with E-state index in [2.05, 4.69) is 18.8 Å². The number of benzene rings is 2. The third kappa shape index (κ3) is 5.04. The van der Waals surface area contributed by atoms with Gasteiger partial charge in [0.05, 0.1) is 24.5 Å². The summed E-state index contributed by atoms with van der Waals surface area (Å²) < 4.78 is 11.2. The zero-order chi connectivity index (χ0) is 24.9. The third-order valence-electron chi connectivity index (χ3n) is 5.55. The minimum atomic E-state index is -0.883.